The van der Waals surface area contributed by atoms with E-state index in [1.807, 2.05) is 30.5 Å². The third kappa shape index (κ3) is 2.92. The predicted molar refractivity (Wildman–Crippen MR) is 91.6 cm³/mol. The number of carbonyl (C=O) groups excluding carboxylic acids is 1. The number of carbonyl (C=O) groups is 1. The lowest BCUT2D eigenvalue weighted by atomic mass is 10.0. The van der Waals surface area contributed by atoms with Crippen molar-refractivity contribution in [1.29, 1.82) is 0 Å². The lowest BCUT2D eigenvalue weighted by Gasteiger charge is -2.06. The third-order valence-corrected chi connectivity index (χ3v) is 3.81. The number of amides is 1. The molecule has 0 radical (unpaired) electrons. The Bertz CT molecular complexity index is 811. The van der Waals surface area contributed by atoms with E-state index < -0.39 is 0 Å². The second-order valence-electron chi connectivity index (χ2n) is 4.94. The molecule has 4 N–H and O–H groups in total. The van der Waals surface area contributed by atoms with Gasteiger partial charge in [0.1, 0.15) is 5.65 Å². The van der Waals surface area contributed by atoms with Gasteiger partial charge >= 0.3 is 0 Å². The van der Waals surface area contributed by atoms with Gasteiger partial charge in [0.25, 0.3) is 0 Å². The van der Waals surface area contributed by atoms with E-state index in [1.165, 1.54) is 0 Å². The molecule has 0 unspecified atom stereocenters. The van der Waals surface area contributed by atoms with Gasteiger partial charge in [-0.2, -0.15) is 0 Å². The van der Waals surface area contributed by atoms with E-state index in [4.69, 9.17) is 5.73 Å². The van der Waals surface area contributed by atoms with E-state index in [-0.39, 0.29) is 12.3 Å². The number of aromatic amines is 1. The summed E-state index contributed by atoms with van der Waals surface area (Å²) in [5.74, 6) is -0.361. The van der Waals surface area contributed by atoms with E-state index >= 15 is 0 Å². The Labute approximate surface area is 132 Å². The first-order valence-corrected chi connectivity index (χ1v) is 8.04. The van der Waals surface area contributed by atoms with Crippen molar-refractivity contribution in [1.82, 2.24) is 9.97 Å². The summed E-state index contributed by atoms with van der Waals surface area (Å²) in [5, 5.41) is 0.990. The van der Waals surface area contributed by atoms with Crippen molar-refractivity contribution in [3.63, 3.8) is 0 Å². The number of nitrogens with one attached hydrogen (secondary N) is 2. The number of benzene rings is 1. The number of pyridine rings is 1. The first-order chi connectivity index (χ1) is 10.7. The van der Waals surface area contributed by atoms with E-state index in [9.17, 15) is 4.79 Å². The van der Waals surface area contributed by atoms with Gasteiger partial charge in [-0.25, -0.2) is 4.98 Å². The highest BCUT2D eigenvalue weighted by atomic mass is 32.2. The molecule has 0 aliphatic rings. The fraction of sp³-hybridized carbons (Fsp3) is 0.125. The maximum absolute atomic E-state index is 11.1. The number of anilines is 1. The van der Waals surface area contributed by atoms with E-state index in [0.29, 0.717) is 0 Å². The molecule has 2 aromatic heterocycles. The van der Waals surface area contributed by atoms with Crippen LogP contribution in [-0.4, -0.2) is 22.1 Å². The number of H-pyrrole nitrogens is 1. The van der Waals surface area contributed by atoms with Crippen molar-refractivity contribution in [2.24, 2.45) is 5.73 Å². The van der Waals surface area contributed by atoms with Crippen LogP contribution >= 0.6 is 11.9 Å². The van der Waals surface area contributed by atoms with Gasteiger partial charge in [-0.05, 0) is 35.4 Å². The van der Waals surface area contributed by atoms with Crippen molar-refractivity contribution < 1.29 is 4.79 Å². The summed E-state index contributed by atoms with van der Waals surface area (Å²) in [6, 6.07) is 12.1. The SMILES string of the molecule is CSNc1ccc(-c2ccnc3[nH]c(CC(N)=O)cc23)cc1. The Morgan fingerprint density at radius 2 is 2.09 bits per heavy atom. The summed E-state index contributed by atoms with van der Waals surface area (Å²) < 4.78 is 3.20. The van der Waals surface area contributed by atoms with Gasteiger partial charge in [-0.1, -0.05) is 24.1 Å². The van der Waals surface area contributed by atoms with Crippen LogP contribution in [0.1, 0.15) is 5.69 Å². The second kappa shape index (κ2) is 6.11. The standard InChI is InChI=1S/C16H16N4OS/c1-22-20-11-4-2-10(3-5-11)13-6-7-18-16-14(13)8-12(19-16)9-15(17)21/h2-8,20H,9H2,1H3,(H2,17,21)(H,18,19). The zero-order valence-corrected chi connectivity index (χ0v) is 12.9. The van der Waals surface area contributed by atoms with Gasteiger partial charge in [0.05, 0.1) is 6.42 Å². The second-order valence-corrected chi connectivity index (χ2v) is 5.55. The number of aromatic nitrogens is 2. The van der Waals surface area contributed by atoms with Gasteiger partial charge in [0.15, 0.2) is 0 Å². The van der Waals surface area contributed by atoms with E-state index in [2.05, 4.69) is 26.8 Å². The minimum absolute atomic E-state index is 0.187. The largest absolute Gasteiger partial charge is 0.369 e. The molecule has 0 bridgehead atoms. The Morgan fingerprint density at radius 3 is 2.77 bits per heavy atom. The lowest BCUT2D eigenvalue weighted by molar-refractivity contribution is -0.117. The molecule has 6 heteroatoms. The molecule has 0 saturated heterocycles. The normalized spacial score (nSPS) is 10.8. The summed E-state index contributed by atoms with van der Waals surface area (Å²) in [7, 11) is 0. The number of hydrogen-bond acceptors (Lipinski definition) is 4. The Kier molecular flexibility index (Phi) is 4.02. The van der Waals surface area contributed by atoms with E-state index in [0.717, 1.165) is 33.5 Å². The molecule has 2 heterocycles. The van der Waals surface area contributed by atoms with Crippen LogP contribution in [0.4, 0.5) is 5.69 Å². The van der Waals surface area contributed by atoms with Crippen molar-refractivity contribution in [2.75, 3.05) is 11.0 Å². The monoisotopic (exact) mass is 312 g/mol. The van der Waals surface area contributed by atoms with Crippen LogP contribution in [0.25, 0.3) is 22.2 Å². The van der Waals surface area contributed by atoms with Gasteiger partial charge in [-0.3, -0.25) is 4.79 Å². The van der Waals surface area contributed by atoms with Gasteiger partial charge in [0.2, 0.25) is 5.91 Å². The van der Waals surface area contributed by atoms with Crippen molar-refractivity contribution in [2.45, 2.75) is 6.42 Å². The molecular weight excluding hydrogens is 296 g/mol. The number of nitrogens with two attached hydrogens (primary N) is 1. The topological polar surface area (TPSA) is 83.8 Å². The van der Waals surface area contributed by atoms with Gasteiger partial charge < -0.3 is 15.4 Å². The molecule has 1 aromatic carbocycles. The van der Waals surface area contributed by atoms with Gasteiger partial charge in [0, 0.05) is 29.2 Å². The van der Waals surface area contributed by atoms with Crippen LogP contribution in [-0.2, 0) is 11.2 Å². The van der Waals surface area contributed by atoms with Crippen molar-refractivity contribution >= 4 is 34.6 Å². The minimum atomic E-state index is -0.361. The molecule has 0 aliphatic carbocycles. The Morgan fingerprint density at radius 1 is 1.32 bits per heavy atom. The average Bonchev–Trinajstić information content (AvgIpc) is 2.89. The van der Waals surface area contributed by atoms with Crippen LogP contribution in [0, 0.1) is 0 Å². The zero-order chi connectivity index (χ0) is 15.5. The summed E-state index contributed by atoms with van der Waals surface area (Å²) in [6.07, 6.45) is 3.93. The molecule has 5 nitrogen and oxygen atoms in total. The molecule has 22 heavy (non-hydrogen) atoms. The zero-order valence-electron chi connectivity index (χ0n) is 12.1. The molecular formula is C16H16N4OS. The van der Waals surface area contributed by atoms with Crippen LogP contribution in [0.2, 0.25) is 0 Å². The molecule has 1 amide bonds. The lowest BCUT2D eigenvalue weighted by Crippen LogP contribution is -2.13. The summed E-state index contributed by atoms with van der Waals surface area (Å²) >= 11 is 1.56. The molecule has 0 atom stereocenters. The Hall–Kier alpha value is -2.47. The Balaban J connectivity index is 2.02. The summed E-state index contributed by atoms with van der Waals surface area (Å²) in [4.78, 5) is 18.5. The molecule has 3 aromatic rings. The third-order valence-electron chi connectivity index (χ3n) is 3.37. The van der Waals surface area contributed by atoms with Crippen LogP contribution in [0.5, 0.6) is 0 Å². The molecule has 0 saturated carbocycles. The van der Waals surface area contributed by atoms with Crippen molar-refractivity contribution in [3.8, 4) is 11.1 Å². The highest BCUT2D eigenvalue weighted by Crippen LogP contribution is 2.29. The number of hydrogen-bond donors (Lipinski definition) is 3. The molecule has 0 fully saturated rings. The van der Waals surface area contributed by atoms with Crippen LogP contribution in [0.3, 0.4) is 0 Å². The van der Waals surface area contributed by atoms with Gasteiger partial charge in [-0.15, -0.1) is 0 Å². The molecule has 112 valence electrons. The van der Waals surface area contributed by atoms with Crippen LogP contribution in [0.15, 0.2) is 42.6 Å². The quantitative estimate of drug-likeness (QED) is 0.632. The van der Waals surface area contributed by atoms with Crippen LogP contribution < -0.4 is 10.5 Å². The highest BCUT2D eigenvalue weighted by molar-refractivity contribution is 7.99. The molecule has 3 rings (SSSR count). The average molecular weight is 312 g/mol. The maximum atomic E-state index is 11.1. The highest BCUT2D eigenvalue weighted by Gasteiger charge is 2.09. The predicted octanol–water partition coefficient (Wildman–Crippen LogP) is 2.95. The maximum Gasteiger partial charge on any atom is 0.223 e. The molecule has 0 aliphatic heterocycles. The smallest absolute Gasteiger partial charge is 0.223 e. The fourth-order valence-corrected chi connectivity index (χ4v) is 2.82. The van der Waals surface area contributed by atoms with E-state index in [1.54, 1.807) is 18.1 Å². The summed E-state index contributed by atoms with van der Waals surface area (Å²) in [5.41, 5.74) is 10.0. The number of fused-ring (bicyclic) bond motifs is 1. The first-order valence-electron chi connectivity index (χ1n) is 6.81. The number of rotatable bonds is 5. The minimum Gasteiger partial charge on any atom is -0.369 e. The fourth-order valence-electron chi connectivity index (χ4n) is 2.45. The first kappa shape index (κ1) is 14.5. The van der Waals surface area contributed by atoms with Crippen molar-refractivity contribution in [3.05, 3.63) is 48.3 Å². The number of nitrogens with zero attached hydrogens (tertiary/aromatic N) is 1. The summed E-state index contributed by atoms with van der Waals surface area (Å²) in [6.45, 7) is 0. The number of primary amides is 1. The molecule has 0 spiro atoms.